The number of hydrogen-bond donors (Lipinski definition) is 0. The first-order chi connectivity index (χ1) is 14.2. The number of carbonyl (C=O) groups is 2. The predicted octanol–water partition coefficient (Wildman–Crippen LogP) is 2.65. The smallest absolute Gasteiger partial charge is 0.348 e. The fourth-order valence-corrected chi connectivity index (χ4v) is 2.89. The van der Waals surface area contributed by atoms with E-state index < -0.39 is 23.5 Å². The minimum atomic E-state index is -1.34. The minimum absolute atomic E-state index is 0.0375. The summed E-state index contributed by atoms with van der Waals surface area (Å²) in [6.45, 7) is 5.03. The van der Waals surface area contributed by atoms with E-state index in [1.165, 1.54) is 38.1 Å². The molecule has 0 unspecified atom stereocenters. The number of carbonyl (C=O) groups excluding carboxylic acids is 2. The average molecular weight is 412 g/mol. The van der Waals surface area contributed by atoms with Crippen LogP contribution < -0.4 is 0 Å². The zero-order valence-corrected chi connectivity index (χ0v) is 16.4. The number of hydrogen-bond acceptors (Lipinski definition) is 8. The summed E-state index contributed by atoms with van der Waals surface area (Å²) in [7, 11) is 0. The Morgan fingerprint density at radius 3 is 2.60 bits per heavy atom. The van der Waals surface area contributed by atoms with Crippen molar-refractivity contribution in [3.8, 4) is 11.4 Å². The molecule has 0 spiro atoms. The third kappa shape index (κ3) is 3.84. The highest BCUT2D eigenvalue weighted by atomic mass is 19.1. The van der Waals surface area contributed by atoms with Crippen molar-refractivity contribution in [2.24, 2.45) is 0 Å². The van der Waals surface area contributed by atoms with Crippen molar-refractivity contribution < 1.29 is 28.0 Å². The maximum Gasteiger partial charge on any atom is 0.348 e. The summed E-state index contributed by atoms with van der Waals surface area (Å²) >= 11 is 0. The first-order valence-electron chi connectivity index (χ1n) is 9.00. The second-order valence-corrected chi connectivity index (χ2v) is 7.09. The van der Waals surface area contributed by atoms with Gasteiger partial charge in [0.15, 0.2) is 0 Å². The molecule has 0 atom stereocenters. The topological polar surface area (TPSA) is 109 Å². The lowest BCUT2D eigenvalue weighted by Gasteiger charge is -2.29. The summed E-state index contributed by atoms with van der Waals surface area (Å²) in [5, 5.41) is 3.83. The maximum absolute atomic E-state index is 14.4. The number of benzene rings is 1. The Morgan fingerprint density at radius 1 is 1.20 bits per heavy atom. The van der Waals surface area contributed by atoms with Crippen molar-refractivity contribution in [2.45, 2.75) is 33.1 Å². The van der Waals surface area contributed by atoms with Crippen LogP contribution in [0.1, 0.15) is 31.1 Å². The van der Waals surface area contributed by atoms with Crippen LogP contribution in [0.4, 0.5) is 4.39 Å². The highest BCUT2D eigenvalue weighted by molar-refractivity contribution is 6.18. The summed E-state index contributed by atoms with van der Waals surface area (Å²) in [5.41, 5.74) is 0.127. The second-order valence-electron chi connectivity index (χ2n) is 7.09. The lowest BCUT2D eigenvalue weighted by molar-refractivity contribution is -0.222. The molecule has 0 saturated carbocycles. The Labute approximate surface area is 170 Å². The van der Waals surface area contributed by atoms with E-state index in [1.54, 1.807) is 17.0 Å². The van der Waals surface area contributed by atoms with E-state index in [0.717, 1.165) is 5.82 Å². The van der Waals surface area contributed by atoms with Gasteiger partial charge in [0, 0.05) is 26.2 Å². The summed E-state index contributed by atoms with van der Waals surface area (Å²) in [6, 6.07) is 3.99. The highest BCUT2D eigenvalue weighted by Gasteiger charge is 2.38. The lowest BCUT2D eigenvalue weighted by Crippen LogP contribution is -2.41. The molecular formula is C20H17FN4O5. The van der Waals surface area contributed by atoms with Gasteiger partial charge in [0.05, 0.1) is 5.56 Å². The van der Waals surface area contributed by atoms with Crippen molar-refractivity contribution in [3.63, 3.8) is 0 Å². The molecule has 1 aliphatic rings. The van der Waals surface area contributed by atoms with Crippen LogP contribution in [0.3, 0.4) is 0 Å². The van der Waals surface area contributed by atoms with E-state index in [4.69, 9.17) is 14.0 Å². The highest BCUT2D eigenvalue weighted by Crippen LogP contribution is 2.26. The number of halogens is 1. The quantitative estimate of drug-likeness (QED) is 0.365. The molecule has 3 heterocycles. The molecule has 30 heavy (non-hydrogen) atoms. The van der Waals surface area contributed by atoms with Gasteiger partial charge in [-0.05, 0) is 30.7 Å². The SMILES string of the molecule is Cc1nccn1Cc1nc(-c2cc(C=C3C(=O)OC(C)(C)OC3=O)ccc2F)no1. The zero-order valence-electron chi connectivity index (χ0n) is 16.4. The van der Waals surface area contributed by atoms with Crippen LogP contribution in [0.15, 0.2) is 40.7 Å². The monoisotopic (exact) mass is 412 g/mol. The van der Waals surface area contributed by atoms with Crippen molar-refractivity contribution in [1.82, 2.24) is 19.7 Å². The Balaban J connectivity index is 1.62. The molecule has 1 aromatic carbocycles. The van der Waals surface area contributed by atoms with Crippen LogP contribution in [0.2, 0.25) is 0 Å². The molecule has 9 nitrogen and oxygen atoms in total. The molecule has 1 aliphatic heterocycles. The van der Waals surface area contributed by atoms with Gasteiger partial charge >= 0.3 is 11.9 Å². The van der Waals surface area contributed by atoms with Crippen molar-refractivity contribution in [2.75, 3.05) is 0 Å². The molecule has 0 amide bonds. The number of esters is 2. The van der Waals surface area contributed by atoms with Crippen molar-refractivity contribution >= 4 is 18.0 Å². The zero-order chi connectivity index (χ0) is 21.5. The first kappa shape index (κ1) is 19.5. The fraction of sp³-hybridized carbons (Fsp3) is 0.250. The van der Waals surface area contributed by atoms with Crippen LogP contribution in [-0.4, -0.2) is 37.4 Å². The third-order valence-corrected chi connectivity index (χ3v) is 4.36. The Kier molecular flexibility index (Phi) is 4.69. The molecule has 0 aliphatic carbocycles. The van der Waals surface area contributed by atoms with Crippen LogP contribution in [0.5, 0.6) is 0 Å². The standard InChI is InChI=1S/C20H17FN4O5/c1-11-22-6-7-25(11)10-16-23-17(24-30-16)13-8-12(4-5-15(13)21)9-14-18(26)28-20(2,3)29-19(14)27/h4-9H,10H2,1-3H3. The van der Waals surface area contributed by atoms with Gasteiger partial charge in [-0.15, -0.1) is 0 Å². The molecule has 1 fully saturated rings. The molecule has 1 saturated heterocycles. The van der Waals surface area contributed by atoms with Gasteiger partial charge in [0.2, 0.25) is 11.7 Å². The molecular weight excluding hydrogens is 395 g/mol. The maximum atomic E-state index is 14.4. The van der Waals surface area contributed by atoms with Crippen LogP contribution in [-0.2, 0) is 25.6 Å². The molecule has 154 valence electrons. The van der Waals surface area contributed by atoms with Gasteiger partial charge in [0.1, 0.15) is 23.8 Å². The van der Waals surface area contributed by atoms with Gasteiger partial charge < -0.3 is 18.6 Å². The van der Waals surface area contributed by atoms with E-state index in [0.29, 0.717) is 5.56 Å². The normalized spacial score (nSPS) is 15.7. The van der Waals surface area contributed by atoms with Gasteiger partial charge in [-0.25, -0.2) is 19.0 Å². The first-order valence-corrected chi connectivity index (χ1v) is 9.00. The van der Waals surface area contributed by atoms with Crippen LogP contribution in [0, 0.1) is 12.7 Å². The van der Waals surface area contributed by atoms with Gasteiger partial charge in [-0.1, -0.05) is 11.2 Å². The number of aromatic nitrogens is 4. The molecule has 4 rings (SSSR count). The summed E-state index contributed by atoms with van der Waals surface area (Å²) in [4.78, 5) is 32.6. The van der Waals surface area contributed by atoms with Crippen LogP contribution >= 0.6 is 0 Å². The van der Waals surface area contributed by atoms with Gasteiger partial charge in [0.25, 0.3) is 5.79 Å². The largest absolute Gasteiger partial charge is 0.419 e. The Hall–Kier alpha value is -3.82. The van der Waals surface area contributed by atoms with Gasteiger partial charge in [-0.3, -0.25) is 0 Å². The number of nitrogens with zero attached hydrogens (tertiary/aromatic N) is 4. The number of ether oxygens (including phenoxy) is 2. The summed E-state index contributed by atoms with van der Waals surface area (Å²) in [6.07, 6.45) is 4.67. The van der Waals surface area contributed by atoms with Crippen LogP contribution in [0.25, 0.3) is 17.5 Å². The second kappa shape index (κ2) is 7.21. The van der Waals surface area contributed by atoms with Crippen molar-refractivity contribution in [3.05, 3.63) is 59.3 Å². The molecule has 3 aromatic rings. The van der Waals surface area contributed by atoms with E-state index in [2.05, 4.69) is 15.1 Å². The Bertz CT molecular complexity index is 1160. The van der Waals surface area contributed by atoms with E-state index >= 15 is 0 Å². The molecule has 0 bridgehead atoms. The molecule has 0 radical (unpaired) electrons. The third-order valence-electron chi connectivity index (χ3n) is 4.36. The summed E-state index contributed by atoms with van der Waals surface area (Å²) in [5.74, 6) is -2.48. The van der Waals surface area contributed by atoms with E-state index in [9.17, 15) is 14.0 Å². The van der Waals surface area contributed by atoms with E-state index in [1.807, 2.05) is 6.92 Å². The number of aryl methyl sites for hydroxylation is 1. The molecule has 0 N–H and O–H groups in total. The molecule has 2 aromatic heterocycles. The average Bonchev–Trinajstić information content (AvgIpc) is 3.28. The number of rotatable bonds is 4. The number of cyclic esters (lactones) is 2. The van der Waals surface area contributed by atoms with Gasteiger partial charge in [-0.2, -0.15) is 4.98 Å². The lowest BCUT2D eigenvalue weighted by atomic mass is 10.1. The number of imidazole rings is 1. The predicted molar refractivity (Wildman–Crippen MR) is 100.0 cm³/mol. The molecule has 10 heteroatoms. The van der Waals surface area contributed by atoms with E-state index in [-0.39, 0.29) is 29.4 Å². The minimum Gasteiger partial charge on any atom is -0.419 e. The fourth-order valence-electron chi connectivity index (χ4n) is 2.89. The summed E-state index contributed by atoms with van der Waals surface area (Å²) < 4.78 is 31.5. The van der Waals surface area contributed by atoms with Crippen molar-refractivity contribution in [1.29, 1.82) is 0 Å². The Morgan fingerprint density at radius 2 is 1.93 bits per heavy atom.